The molecular formula is C65H108O2. The van der Waals surface area contributed by atoms with Crippen LogP contribution in [-0.4, -0.2) is 22.4 Å². The lowest BCUT2D eigenvalue weighted by atomic mass is 9.78. The molecule has 0 aliphatic rings. The Bertz CT molecular complexity index is 1590. The molecule has 0 saturated heterocycles. The molecule has 3 aromatic carbocycles. The first-order valence-electron chi connectivity index (χ1n) is 29.4. The maximum absolute atomic E-state index is 11.3. The van der Waals surface area contributed by atoms with E-state index in [2.05, 4.69) is 108 Å². The van der Waals surface area contributed by atoms with E-state index in [4.69, 9.17) is 0 Å². The fourth-order valence-electron chi connectivity index (χ4n) is 11.2. The van der Waals surface area contributed by atoms with Crippen molar-refractivity contribution in [2.24, 2.45) is 11.8 Å². The van der Waals surface area contributed by atoms with Crippen molar-refractivity contribution in [3.8, 4) is 0 Å². The lowest BCUT2D eigenvalue weighted by molar-refractivity contribution is 0.160. The first-order valence-corrected chi connectivity index (χ1v) is 29.4. The van der Waals surface area contributed by atoms with Gasteiger partial charge in [0.25, 0.3) is 0 Å². The van der Waals surface area contributed by atoms with Crippen LogP contribution in [0.15, 0.2) is 66.7 Å². The molecule has 67 heavy (non-hydrogen) atoms. The molecule has 5 unspecified atom stereocenters. The van der Waals surface area contributed by atoms with E-state index < -0.39 is 0 Å². The van der Waals surface area contributed by atoms with Gasteiger partial charge in [-0.15, -0.1) is 0 Å². The summed E-state index contributed by atoms with van der Waals surface area (Å²) in [5.74, 6) is 1.69. The second kappa shape index (κ2) is 38.3. The normalized spacial score (nSPS) is 14.0. The van der Waals surface area contributed by atoms with Gasteiger partial charge in [0.2, 0.25) is 0 Å². The molecule has 2 nitrogen and oxygen atoms in total. The average Bonchev–Trinajstić information content (AvgIpc) is 3.31. The summed E-state index contributed by atoms with van der Waals surface area (Å²) in [5, 5.41) is 22.5. The lowest BCUT2D eigenvalue weighted by Gasteiger charge is -2.27. The molecule has 0 bridgehead atoms. The molecule has 0 fully saturated rings. The second-order valence-corrected chi connectivity index (χ2v) is 21.9. The molecule has 0 amide bonds. The summed E-state index contributed by atoms with van der Waals surface area (Å²) < 4.78 is 0. The monoisotopic (exact) mass is 921 g/mol. The van der Waals surface area contributed by atoms with E-state index in [1.165, 1.54) is 206 Å². The average molecular weight is 922 g/mol. The fourth-order valence-corrected chi connectivity index (χ4v) is 11.2. The molecule has 3 aromatic rings. The van der Waals surface area contributed by atoms with Gasteiger partial charge in [-0.25, -0.2) is 0 Å². The standard InChI is InChI=1S/C65H108O2/c1-7-12-16-20-22-26-29-36-56-45-58(49-60(47-56)52-64(66)40-33-24-18-14-9-3)42-54(6)43-63(62-38-31-28-32-39-62)51-55(35-11-5)44-59-46-57(37-30-27-23-21-17-13-8-2)48-61(50-59)53-65(67)41-34-25-19-15-10-4/h28,31-32,38-39,45-50,54-55,63-67H,7-27,29-30,33-37,40-44,51-53H2,1-6H3. The maximum atomic E-state index is 11.3. The van der Waals surface area contributed by atoms with E-state index in [0.29, 0.717) is 17.8 Å². The maximum Gasteiger partial charge on any atom is 0.0580 e. The minimum Gasteiger partial charge on any atom is -0.393 e. The van der Waals surface area contributed by atoms with Crippen LogP contribution in [0.3, 0.4) is 0 Å². The van der Waals surface area contributed by atoms with Gasteiger partial charge in [0.15, 0.2) is 0 Å². The van der Waals surface area contributed by atoms with Gasteiger partial charge >= 0.3 is 0 Å². The fraction of sp³-hybridized carbons (Fsp3) is 0.723. The topological polar surface area (TPSA) is 40.5 Å². The zero-order valence-corrected chi connectivity index (χ0v) is 45.1. The van der Waals surface area contributed by atoms with E-state index in [1.54, 1.807) is 0 Å². The van der Waals surface area contributed by atoms with Crippen molar-refractivity contribution in [3.05, 3.63) is 106 Å². The van der Waals surface area contributed by atoms with Gasteiger partial charge < -0.3 is 10.2 Å². The van der Waals surface area contributed by atoms with Crippen LogP contribution >= 0.6 is 0 Å². The molecule has 0 heterocycles. The van der Waals surface area contributed by atoms with Crippen LogP contribution in [0.5, 0.6) is 0 Å². The number of benzene rings is 3. The van der Waals surface area contributed by atoms with E-state index in [-0.39, 0.29) is 12.2 Å². The highest BCUT2D eigenvalue weighted by molar-refractivity contribution is 5.33. The van der Waals surface area contributed by atoms with Crippen LogP contribution in [0.1, 0.15) is 279 Å². The van der Waals surface area contributed by atoms with E-state index >= 15 is 0 Å². The Hall–Kier alpha value is -2.42. The molecule has 2 N–H and O–H groups in total. The highest BCUT2D eigenvalue weighted by atomic mass is 16.3. The number of aryl methyl sites for hydroxylation is 2. The molecule has 0 radical (unpaired) electrons. The van der Waals surface area contributed by atoms with Crippen molar-refractivity contribution >= 4 is 0 Å². The van der Waals surface area contributed by atoms with Gasteiger partial charge in [-0.1, -0.05) is 262 Å². The van der Waals surface area contributed by atoms with E-state index in [0.717, 1.165) is 64.2 Å². The number of aliphatic hydroxyl groups is 2. The number of hydrogen-bond acceptors (Lipinski definition) is 2. The number of hydrogen-bond donors (Lipinski definition) is 2. The molecule has 380 valence electrons. The number of aliphatic hydroxyl groups excluding tert-OH is 2. The summed E-state index contributed by atoms with van der Waals surface area (Å²) in [6.07, 6.45) is 43.6. The van der Waals surface area contributed by atoms with E-state index in [1.807, 2.05) is 0 Å². The summed E-state index contributed by atoms with van der Waals surface area (Å²) in [7, 11) is 0. The largest absolute Gasteiger partial charge is 0.393 e. The molecule has 3 rings (SSSR count). The summed E-state index contributed by atoms with van der Waals surface area (Å²) in [6, 6.07) is 26.4. The Labute approximate surface area is 416 Å². The smallest absolute Gasteiger partial charge is 0.0580 e. The van der Waals surface area contributed by atoms with Crippen LogP contribution in [0.2, 0.25) is 0 Å². The van der Waals surface area contributed by atoms with Crippen molar-refractivity contribution in [1.29, 1.82) is 0 Å². The highest BCUT2D eigenvalue weighted by Gasteiger charge is 2.22. The molecule has 2 heteroatoms. The minimum absolute atomic E-state index is 0.249. The third-order valence-electron chi connectivity index (χ3n) is 15.0. The van der Waals surface area contributed by atoms with Crippen LogP contribution in [0.25, 0.3) is 0 Å². The summed E-state index contributed by atoms with van der Waals surface area (Å²) in [6.45, 7) is 14.0. The number of rotatable bonds is 43. The molecule has 0 saturated carbocycles. The highest BCUT2D eigenvalue weighted by Crippen LogP contribution is 2.35. The van der Waals surface area contributed by atoms with E-state index in [9.17, 15) is 10.2 Å². The van der Waals surface area contributed by atoms with Gasteiger partial charge in [0, 0.05) is 0 Å². The SMILES string of the molecule is CCCCCCCCCc1cc(CC(C)CC(CC(CCC)Cc2cc(CCCCCCCCC)cc(CC(O)CCCCCCC)c2)c2ccccc2)cc(CC(O)CCCCCCC)c1. The van der Waals surface area contributed by atoms with Gasteiger partial charge in [-0.05, 0) is 134 Å². The van der Waals surface area contributed by atoms with Crippen molar-refractivity contribution in [3.63, 3.8) is 0 Å². The van der Waals surface area contributed by atoms with Gasteiger partial charge in [-0.2, -0.15) is 0 Å². The van der Waals surface area contributed by atoms with Gasteiger partial charge in [0.05, 0.1) is 12.2 Å². The van der Waals surface area contributed by atoms with Crippen molar-refractivity contribution in [1.82, 2.24) is 0 Å². The molecule has 0 aliphatic carbocycles. The first-order chi connectivity index (χ1) is 32.8. The zero-order chi connectivity index (χ0) is 48.2. The van der Waals surface area contributed by atoms with Crippen molar-refractivity contribution in [2.75, 3.05) is 0 Å². The summed E-state index contributed by atoms with van der Waals surface area (Å²) >= 11 is 0. The predicted molar refractivity (Wildman–Crippen MR) is 296 cm³/mol. The Morgan fingerprint density at radius 1 is 0.358 bits per heavy atom. The molecule has 0 aliphatic heterocycles. The summed E-state index contributed by atoms with van der Waals surface area (Å²) in [4.78, 5) is 0. The third-order valence-corrected chi connectivity index (χ3v) is 15.0. The van der Waals surface area contributed by atoms with Gasteiger partial charge in [0.1, 0.15) is 0 Å². The number of unbranched alkanes of at least 4 members (excludes halogenated alkanes) is 20. The van der Waals surface area contributed by atoms with Crippen LogP contribution in [0.4, 0.5) is 0 Å². The second-order valence-electron chi connectivity index (χ2n) is 21.9. The summed E-state index contributed by atoms with van der Waals surface area (Å²) in [5.41, 5.74) is 10.2. The zero-order valence-electron chi connectivity index (χ0n) is 45.1. The van der Waals surface area contributed by atoms with Crippen LogP contribution < -0.4 is 0 Å². The van der Waals surface area contributed by atoms with Crippen molar-refractivity contribution in [2.45, 2.75) is 291 Å². The molecule has 5 atom stereocenters. The Morgan fingerprint density at radius 3 is 1.16 bits per heavy atom. The predicted octanol–water partition coefficient (Wildman–Crippen LogP) is 19.2. The Morgan fingerprint density at radius 2 is 0.731 bits per heavy atom. The van der Waals surface area contributed by atoms with Crippen LogP contribution in [0, 0.1) is 11.8 Å². The molecule has 0 spiro atoms. The Balaban J connectivity index is 1.79. The minimum atomic E-state index is -0.249. The van der Waals surface area contributed by atoms with Gasteiger partial charge in [-0.3, -0.25) is 0 Å². The quantitative estimate of drug-likeness (QED) is 0.0555. The van der Waals surface area contributed by atoms with Crippen molar-refractivity contribution < 1.29 is 10.2 Å². The van der Waals surface area contributed by atoms with Crippen LogP contribution in [-0.2, 0) is 38.5 Å². The Kier molecular flexibility index (Phi) is 33.7. The lowest BCUT2D eigenvalue weighted by Crippen LogP contribution is -2.15. The molecular weight excluding hydrogens is 813 g/mol. The third kappa shape index (κ3) is 28.1. The first kappa shape index (κ1) is 58.9. The molecule has 0 aromatic heterocycles.